The van der Waals surface area contributed by atoms with Crippen LogP contribution in [0.5, 0.6) is 0 Å². The van der Waals surface area contributed by atoms with E-state index in [1.54, 1.807) is 22.4 Å². The molecular formula is C14H19N3O4S2. The van der Waals surface area contributed by atoms with Gasteiger partial charge >= 0.3 is 0 Å². The van der Waals surface area contributed by atoms with E-state index in [4.69, 9.17) is 0 Å². The molecule has 0 aromatic carbocycles. The van der Waals surface area contributed by atoms with E-state index in [0.29, 0.717) is 43.1 Å². The molecule has 3 rings (SSSR count). The molecule has 126 valence electrons. The molecule has 1 N–H and O–H groups in total. The average Bonchev–Trinajstić information content (AvgIpc) is 3.13. The van der Waals surface area contributed by atoms with Gasteiger partial charge < -0.3 is 10.2 Å². The van der Waals surface area contributed by atoms with E-state index in [1.165, 1.54) is 15.6 Å². The molecule has 1 atom stereocenters. The minimum Gasteiger partial charge on any atom is -0.344 e. The maximum Gasteiger partial charge on any atom is 0.252 e. The largest absolute Gasteiger partial charge is 0.344 e. The minimum atomic E-state index is -3.47. The third kappa shape index (κ3) is 3.41. The summed E-state index contributed by atoms with van der Waals surface area (Å²) in [6.07, 6.45) is 1.49. The maximum atomic E-state index is 12.6. The fraction of sp³-hybridized carbons (Fsp3) is 0.571. The van der Waals surface area contributed by atoms with E-state index in [2.05, 4.69) is 5.32 Å². The Morgan fingerprint density at radius 3 is 2.74 bits per heavy atom. The summed E-state index contributed by atoms with van der Waals surface area (Å²) in [5.74, 6) is -0.203. The summed E-state index contributed by atoms with van der Waals surface area (Å²) < 4.78 is 26.9. The molecule has 9 heteroatoms. The van der Waals surface area contributed by atoms with Crippen LogP contribution in [0.3, 0.4) is 0 Å². The summed E-state index contributed by atoms with van der Waals surface area (Å²) in [4.78, 5) is 25.4. The first kappa shape index (κ1) is 16.4. The van der Waals surface area contributed by atoms with Gasteiger partial charge in [-0.3, -0.25) is 9.59 Å². The minimum absolute atomic E-state index is 0.0972. The molecule has 2 aliphatic rings. The molecule has 2 saturated heterocycles. The normalized spacial score (nSPS) is 23.6. The van der Waals surface area contributed by atoms with Gasteiger partial charge in [0, 0.05) is 32.6 Å². The summed E-state index contributed by atoms with van der Waals surface area (Å²) in [6, 6.07) is 2.86. The highest BCUT2D eigenvalue weighted by molar-refractivity contribution is 7.91. The number of carbonyl (C=O) groups excluding carboxylic acids is 2. The fourth-order valence-corrected chi connectivity index (χ4v) is 5.53. The van der Waals surface area contributed by atoms with Gasteiger partial charge in [0.25, 0.3) is 10.0 Å². The van der Waals surface area contributed by atoms with Gasteiger partial charge in [0.15, 0.2) is 0 Å². The fourth-order valence-electron chi connectivity index (χ4n) is 2.91. The van der Waals surface area contributed by atoms with Crippen molar-refractivity contribution in [3.8, 4) is 0 Å². The molecule has 0 spiro atoms. The van der Waals surface area contributed by atoms with Gasteiger partial charge in [-0.1, -0.05) is 6.07 Å². The quantitative estimate of drug-likeness (QED) is 0.840. The number of sulfonamides is 1. The van der Waals surface area contributed by atoms with Crippen molar-refractivity contribution in [1.82, 2.24) is 14.5 Å². The van der Waals surface area contributed by atoms with Crippen molar-refractivity contribution in [2.45, 2.75) is 29.5 Å². The number of hydrogen-bond donors (Lipinski definition) is 1. The Kier molecular flexibility index (Phi) is 4.69. The first-order valence-corrected chi connectivity index (χ1v) is 9.92. The number of nitrogens with one attached hydrogen (secondary N) is 1. The molecule has 1 aromatic rings. The standard InChI is InChI=1S/C14H19N3O4S2/c18-12-5-4-11(15-12)14(19)16-6-2-7-17(9-8-16)23(20,21)13-3-1-10-22-13/h1,3,10-11H,2,4-9H2,(H,15,18). The van der Waals surface area contributed by atoms with Crippen LogP contribution in [-0.4, -0.2) is 61.7 Å². The Balaban J connectivity index is 1.65. The Morgan fingerprint density at radius 2 is 2.09 bits per heavy atom. The lowest BCUT2D eigenvalue weighted by molar-refractivity contribution is -0.134. The Labute approximate surface area is 139 Å². The summed E-state index contributed by atoms with van der Waals surface area (Å²) in [6.45, 7) is 1.56. The molecule has 2 amide bonds. The van der Waals surface area contributed by atoms with Crippen molar-refractivity contribution < 1.29 is 18.0 Å². The van der Waals surface area contributed by atoms with Crippen molar-refractivity contribution in [1.29, 1.82) is 0 Å². The highest BCUT2D eigenvalue weighted by atomic mass is 32.2. The van der Waals surface area contributed by atoms with Crippen molar-refractivity contribution in [2.75, 3.05) is 26.2 Å². The van der Waals surface area contributed by atoms with Crippen LogP contribution in [0, 0.1) is 0 Å². The van der Waals surface area contributed by atoms with Crippen LogP contribution in [-0.2, 0) is 19.6 Å². The van der Waals surface area contributed by atoms with Crippen LogP contribution in [0.2, 0.25) is 0 Å². The van der Waals surface area contributed by atoms with Gasteiger partial charge in [-0.25, -0.2) is 8.42 Å². The lowest BCUT2D eigenvalue weighted by Gasteiger charge is -2.24. The summed E-state index contributed by atoms with van der Waals surface area (Å²) >= 11 is 1.20. The van der Waals surface area contributed by atoms with E-state index in [1.807, 2.05) is 0 Å². The van der Waals surface area contributed by atoms with Gasteiger partial charge in [0.05, 0.1) is 0 Å². The Hall–Kier alpha value is -1.45. The molecule has 2 aliphatic heterocycles. The molecule has 0 aliphatic carbocycles. The third-order valence-corrected chi connectivity index (χ3v) is 7.42. The second-order valence-electron chi connectivity index (χ2n) is 5.67. The SMILES string of the molecule is O=C1CCC(C(=O)N2CCCN(S(=O)(=O)c3cccs3)CC2)N1. The van der Waals surface area contributed by atoms with Gasteiger partial charge in [-0.2, -0.15) is 4.31 Å². The zero-order chi connectivity index (χ0) is 16.4. The number of thiophene rings is 1. The average molecular weight is 357 g/mol. The number of rotatable bonds is 3. The lowest BCUT2D eigenvalue weighted by atomic mass is 10.2. The van der Waals surface area contributed by atoms with Gasteiger partial charge in [-0.05, 0) is 24.3 Å². The third-order valence-electron chi connectivity index (χ3n) is 4.15. The van der Waals surface area contributed by atoms with Crippen molar-refractivity contribution in [3.63, 3.8) is 0 Å². The van der Waals surface area contributed by atoms with E-state index in [0.717, 1.165) is 0 Å². The first-order valence-electron chi connectivity index (χ1n) is 7.60. The number of amides is 2. The van der Waals surface area contributed by atoms with E-state index >= 15 is 0 Å². The topological polar surface area (TPSA) is 86.8 Å². The second kappa shape index (κ2) is 6.58. The summed E-state index contributed by atoms with van der Waals surface area (Å²) in [7, 11) is -3.47. The molecule has 7 nitrogen and oxygen atoms in total. The molecule has 3 heterocycles. The van der Waals surface area contributed by atoms with Gasteiger partial charge in [0.1, 0.15) is 10.3 Å². The molecule has 0 saturated carbocycles. The zero-order valence-corrected chi connectivity index (χ0v) is 14.2. The van der Waals surface area contributed by atoms with Crippen LogP contribution in [0.1, 0.15) is 19.3 Å². The van der Waals surface area contributed by atoms with Gasteiger partial charge in [0.2, 0.25) is 11.8 Å². The number of hydrogen-bond acceptors (Lipinski definition) is 5. The second-order valence-corrected chi connectivity index (χ2v) is 8.79. The highest BCUT2D eigenvalue weighted by Gasteiger charge is 2.33. The molecule has 0 bridgehead atoms. The molecule has 1 unspecified atom stereocenters. The lowest BCUT2D eigenvalue weighted by Crippen LogP contribution is -2.46. The monoisotopic (exact) mass is 357 g/mol. The number of carbonyl (C=O) groups is 2. The van der Waals surface area contributed by atoms with E-state index in [-0.39, 0.29) is 18.4 Å². The van der Waals surface area contributed by atoms with Crippen LogP contribution >= 0.6 is 11.3 Å². The van der Waals surface area contributed by atoms with Gasteiger partial charge in [-0.15, -0.1) is 11.3 Å². The van der Waals surface area contributed by atoms with Crippen molar-refractivity contribution in [2.24, 2.45) is 0 Å². The smallest absolute Gasteiger partial charge is 0.252 e. The molecule has 1 aromatic heterocycles. The van der Waals surface area contributed by atoms with Crippen LogP contribution in [0.15, 0.2) is 21.7 Å². The van der Waals surface area contributed by atoms with E-state index < -0.39 is 16.1 Å². The Bertz CT molecular complexity index is 687. The Morgan fingerprint density at radius 1 is 1.26 bits per heavy atom. The van der Waals surface area contributed by atoms with E-state index in [9.17, 15) is 18.0 Å². The van der Waals surface area contributed by atoms with Crippen LogP contribution in [0.4, 0.5) is 0 Å². The summed E-state index contributed by atoms with van der Waals surface area (Å²) in [5, 5.41) is 4.41. The summed E-state index contributed by atoms with van der Waals surface area (Å²) in [5.41, 5.74) is 0. The van der Waals surface area contributed by atoms with Crippen LogP contribution < -0.4 is 5.32 Å². The zero-order valence-electron chi connectivity index (χ0n) is 12.6. The molecule has 0 radical (unpaired) electrons. The van der Waals surface area contributed by atoms with Crippen molar-refractivity contribution in [3.05, 3.63) is 17.5 Å². The highest BCUT2D eigenvalue weighted by Crippen LogP contribution is 2.22. The first-order chi connectivity index (χ1) is 11.0. The predicted octanol–water partition coefficient (Wildman–Crippen LogP) is 0.250. The number of nitrogens with zero attached hydrogens (tertiary/aromatic N) is 2. The molecular weight excluding hydrogens is 338 g/mol. The maximum absolute atomic E-state index is 12.6. The van der Waals surface area contributed by atoms with Crippen LogP contribution in [0.25, 0.3) is 0 Å². The predicted molar refractivity (Wildman–Crippen MR) is 85.4 cm³/mol. The molecule has 23 heavy (non-hydrogen) atoms. The molecule has 2 fully saturated rings. The van der Waals surface area contributed by atoms with Crippen molar-refractivity contribution >= 4 is 33.2 Å².